The normalized spacial score (nSPS) is 16.5. The van der Waals surface area contributed by atoms with Crippen molar-refractivity contribution in [3.05, 3.63) is 70.2 Å². The van der Waals surface area contributed by atoms with Crippen LogP contribution in [0.4, 0.5) is 0 Å². The molecule has 3 rings (SSSR count). The number of hydrogen-bond acceptors (Lipinski definition) is 5. The summed E-state index contributed by atoms with van der Waals surface area (Å²) in [6.07, 6.45) is 2.85. The Balaban J connectivity index is 1.94. The minimum Gasteiger partial charge on any atom is -0.462 e. The SMILES string of the molecule is CCCCCC(=O)OCC(O)(CC1(CC)C(=O)c2ccccc2C1=O)c1cccc(Cl)c1. The molecule has 2 aromatic carbocycles. The lowest BCUT2D eigenvalue weighted by atomic mass is 9.70. The van der Waals surface area contributed by atoms with E-state index in [1.165, 1.54) is 0 Å². The molecule has 0 bridgehead atoms. The van der Waals surface area contributed by atoms with Crippen LogP contribution in [0.5, 0.6) is 0 Å². The Hall–Kier alpha value is -2.50. The van der Waals surface area contributed by atoms with Crippen molar-refractivity contribution in [2.45, 2.75) is 58.0 Å². The minimum atomic E-state index is -1.76. The van der Waals surface area contributed by atoms with Crippen molar-refractivity contribution in [1.29, 1.82) is 0 Å². The van der Waals surface area contributed by atoms with Crippen LogP contribution in [0.3, 0.4) is 0 Å². The molecule has 0 saturated carbocycles. The number of fused-ring (bicyclic) bond motifs is 1. The molecule has 0 spiro atoms. The molecule has 1 aliphatic carbocycles. The van der Waals surface area contributed by atoms with Gasteiger partial charge in [-0.1, -0.05) is 74.7 Å². The number of hydrogen-bond donors (Lipinski definition) is 1. The number of Topliss-reactive ketones (excluding diaryl/α,β-unsaturated/α-hetero) is 2. The van der Waals surface area contributed by atoms with Crippen LogP contribution in [0.1, 0.15) is 78.7 Å². The molecule has 0 amide bonds. The molecule has 1 unspecified atom stereocenters. The second-order valence-corrected chi connectivity index (χ2v) is 8.91. The van der Waals surface area contributed by atoms with E-state index in [4.69, 9.17) is 16.3 Å². The fourth-order valence-corrected chi connectivity index (χ4v) is 4.60. The van der Waals surface area contributed by atoms with Gasteiger partial charge in [-0.05, 0) is 30.5 Å². The molecule has 0 heterocycles. The summed E-state index contributed by atoms with van der Waals surface area (Å²) in [5, 5.41) is 12.2. The van der Waals surface area contributed by atoms with Crippen LogP contribution in [0.25, 0.3) is 0 Å². The van der Waals surface area contributed by atoms with Gasteiger partial charge in [0.25, 0.3) is 0 Å². The molecule has 0 aliphatic heterocycles. The zero-order chi connectivity index (χ0) is 23.4. The highest BCUT2D eigenvalue weighted by Gasteiger charge is 2.55. The van der Waals surface area contributed by atoms with Gasteiger partial charge in [0, 0.05) is 29.0 Å². The van der Waals surface area contributed by atoms with E-state index in [1.54, 1.807) is 55.5 Å². The Morgan fingerprint density at radius 3 is 2.25 bits per heavy atom. The molecule has 1 atom stereocenters. The van der Waals surface area contributed by atoms with Crippen molar-refractivity contribution in [3.8, 4) is 0 Å². The van der Waals surface area contributed by atoms with Gasteiger partial charge in [0.1, 0.15) is 12.2 Å². The fourth-order valence-electron chi connectivity index (χ4n) is 4.41. The first-order valence-corrected chi connectivity index (χ1v) is 11.5. The van der Waals surface area contributed by atoms with Gasteiger partial charge in [-0.3, -0.25) is 14.4 Å². The molecule has 0 saturated heterocycles. The smallest absolute Gasteiger partial charge is 0.305 e. The maximum Gasteiger partial charge on any atom is 0.305 e. The monoisotopic (exact) mass is 456 g/mol. The van der Waals surface area contributed by atoms with E-state index in [0.29, 0.717) is 28.1 Å². The van der Waals surface area contributed by atoms with Crippen molar-refractivity contribution < 1.29 is 24.2 Å². The van der Waals surface area contributed by atoms with Gasteiger partial charge in [-0.15, -0.1) is 0 Å². The number of carbonyl (C=O) groups is 3. The van der Waals surface area contributed by atoms with E-state index in [9.17, 15) is 19.5 Å². The van der Waals surface area contributed by atoms with Crippen molar-refractivity contribution in [2.75, 3.05) is 6.61 Å². The van der Waals surface area contributed by atoms with E-state index in [0.717, 1.165) is 12.8 Å². The molecule has 5 nitrogen and oxygen atoms in total. The second kappa shape index (κ2) is 9.97. The van der Waals surface area contributed by atoms with E-state index < -0.39 is 17.0 Å². The minimum absolute atomic E-state index is 0.203. The highest BCUT2D eigenvalue weighted by Crippen LogP contribution is 2.47. The highest BCUT2D eigenvalue weighted by molar-refractivity contribution is 6.30. The lowest BCUT2D eigenvalue weighted by Gasteiger charge is -2.36. The second-order valence-electron chi connectivity index (χ2n) is 8.48. The fraction of sp³-hybridized carbons (Fsp3) is 0.423. The number of esters is 1. The molecular formula is C26H29ClO5. The van der Waals surface area contributed by atoms with Gasteiger partial charge < -0.3 is 9.84 Å². The van der Waals surface area contributed by atoms with Crippen LogP contribution >= 0.6 is 11.6 Å². The van der Waals surface area contributed by atoms with Gasteiger partial charge in [0.05, 0.1) is 5.41 Å². The Morgan fingerprint density at radius 2 is 1.69 bits per heavy atom. The van der Waals surface area contributed by atoms with E-state index in [-0.39, 0.29) is 37.4 Å². The van der Waals surface area contributed by atoms with Crippen molar-refractivity contribution in [1.82, 2.24) is 0 Å². The lowest BCUT2D eigenvalue weighted by Crippen LogP contribution is -2.44. The standard InChI is InChI=1S/C26H29ClO5/c1-3-5-6-14-22(28)32-17-26(31,18-10-9-11-19(27)15-18)16-25(4-2)23(29)20-12-7-8-13-21(20)24(25)30/h7-13,15,31H,3-6,14,16-17H2,1-2H3. The molecule has 32 heavy (non-hydrogen) atoms. The van der Waals surface area contributed by atoms with Crippen LogP contribution in [0, 0.1) is 5.41 Å². The zero-order valence-electron chi connectivity index (χ0n) is 18.5. The lowest BCUT2D eigenvalue weighted by molar-refractivity contribution is -0.154. The molecular weight excluding hydrogens is 428 g/mol. The van der Waals surface area contributed by atoms with Crippen molar-refractivity contribution in [3.63, 3.8) is 0 Å². The highest BCUT2D eigenvalue weighted by atomic mass is 35.5. The average Bonchev–Trinajstić information content (AvgIpc) is 3.00. The first kappa shape index (κ1) is 24.1. The molecule has 0 radical (unpaired) electrons. The number of ether oxygens (including phenoxy) is 1. The molecule has 0 fully saturated rings. The van der Waals surface area contributed by atoms with Crippen LogP contribution in [0.15, 0.2) is 48.5 Å². The predicted molar refractivity (Wildman–Crippen MR) is 123 cm³/mol. The average molecular weight is 457 g/mol. The third kappa shape index (κ3) is 4.64. The first-order valence-electron chi connectivity index (χ1n) is 11.1. The zero-order valence-corrected chi connectivity index (χ0v) is 19.3. The summed E-state index contributed by atoms with van der Waals surface area (Å²) in [6, 6.07) is 13.3. The number of carbonyl (C=O) groups excluding carboxylic acids is 3. The summed E-state index contributed by atoms with van der Waals surface area (Å²) in [5.74, 6) is -1.04. The Kier molecular flexibility index (Phi) is 7.52. The van der Waals surface area contributed by atoms with E-state index >= 15 is 0 Å². The molecule has 1 aliphatic rings. The summed E-state index contributed by atoms with van der Waals surface area (Å²) in [7, 11) is 0. The van der Waals surface area contributed by atoms with E-state index in [1.807, 2.05) is 6.92 Å². The summed E-state index contributed by atoms with van der Waals surface area (Å²) in [6.45, 7) is 3.44. The Morgan fingerprint density at radius 1 is 1.03 bits per heavy atom. The predicted octanol–water partition coefficient (Wildman–Crippen LogP) is 5.52. The van der Waals surface area contributed by atoms with Crippen molar-refractivity contribution >= 4 is 29.1 Å². The number of benzene rings is 2. The third-order valence-corrected chi connectivity index (χ3v) is 6.54. The number of unbranched alkanes of at least 4 members (excludes halogenated alkanes) is 2. The largest absolute Gasteiger partial charge is 0.462 e. The number of aliphatic hydroxyl groups is 1. The van der Waals surface area contributed by atoms with Gasteiger partial charge >= 0.3 is 5.97 Å². The summed E-state index contributed by atoms with van der Waals surface area (Å²) in [4.78, 5) is 39.0. The van der Waals surface area contributed by atoms with Gasteiger partial charge in [-0.25, -0.2) is 0 Å². The Bertz CT molecular complexity index is 980. The maximum atomic E-state index is 13.4. The molecule has 6 heteroatoms. The third-order valence-electron chi connectivity index (χ3n) is 6.30. The summed E-state index contributed by atoms with van der Waals surface area (Å²) >= 11 is 6.16. The number of ketones is 2. The molecule has 1 N–H and O–H groups in total. The van der Waals surface area contributed by atoms with Crippen molar-refractivity contribution in [2.24, 2.45) is 5.41 Å². The van der Waals surface area contributed by atoms with Gasteiger partial charge in [0.15, 0.2) is 11.6 Å². The van der Waals surface area contributed by atoms with Crippen LogP contribution in [-0.4, -0.2) is 29.2 Å². The Labute approximate surface area is 193 Å². The molecule has 2 aromatic rings. The first-order chi connectivity index (χ1) is 15.3. The molecule has 0 aromatic heterocycles. The number of rotatable bonds is 10. The number of halogens is 1. The summed E-state index contributed by atoms with van der Waals surface area (Å²) < 4.78 is 5.44. The van der Waals surface area contributed by atoms with Gasteiger partial charge in [-0.2, -0.15) is 0 Å². The quantitative estimate of drug-likeness (QED) is 0.289. The van der Waals surface area contributed by atoms with Crippen LogP contribution < -0.4 is 0 Å². The summed E-state index contributed by atoms with van der Waals surface area (Å²) in [5.41, 5.74) is -2.06. The molecule has 170 valence electrons. The maximum absolute atomic E-state index is 13.4. The van der Waals surface area contributed by atoms with Gasteiger partial charge in [0.2, 0.25) is 0 Å². The van der Waals surface area contributed by atoms with Crippen LogP contribution in [0.2, 0.25) is 5.02 Å². The van der Waals surface area contributed by atoms with E-state index in [2.05, 4.69) is 0 Å². The van der Waals surface area contributed by atoms with Crippen LogP contribution in [-0.2, 0) is 15.1 Å². The topological polar surface area (TPSA) is 80.7 Å².